The number of carbonyl (C=O) groups excluding carboxylic acids is 3. The minimum atomic E-state index is -0.934. The number of carboxylic acids is 1. The summed E-state index contributed by atoms with van der Waals surface area (Å²) in [4.78, 5) is 48.2. The molecule has 2 saturated heterocycles. The highest BCUT2D eigenvalue weighted by Gasteiger charge is 2.52. The van der Waals surface area contributed by atoms with E-state index in [0.29, 0.717) is 12.8 Å². The number of hydrogen-bond donors (Lipinski definition) is 3. The Morgan fingerprint density at radius 1 is 1.10 bits per heavy atom. The van der Waals surface area contributed by atoms with Gasteiger partial charge in [0.2, 0.25) is 11.8 Å². The van der Waals surface area contributed by atoms with Crippen molar-refractivity contribution in [2.24, 2.45) is 17.4 Å². The molecule has 0 aromatic rings. The molecule has 9 nitrogen and oxygen atoms in total. The molecule has 0 aromatic heterocycles. The number of carboxylic acid groups (broad SMARTS) is 1. The van der Waals surface area contributed by atoms with Gasteiger partial charge in [-0.3, -0.25) is 14.4 Å². The van der Waals surface area contributed by atoms with Gasteiger partial charge in [0.15, 0.2) is 0 Å². The molecule has 0 aliphatic carbocycles. The van der Waals surface area contributed by atoms with E-state index in [-0.39, 0.29) is 6.04 Å². The summed E-state index contributed by atoms with van der Waals surface area (Å²) in [5.41, 5.74) is 10.1. The Morgan fingerprint density at radius 2 is 1.67 bits per heavy atom. The van der Waals surface area contributed by atoms with Crippen molar-refractivity contribution < 1.29 is 24.3 Å². The fraction of sp³-hybridized carbons (Fsp3) is 0.667. The van der Waals surface area contributed by atoms with Crippen molar-refractivity contribution in [3.05, 3.63) is 0 Å². The highest BCUT2D eigenvalue weighted by molar-refractivity contribution is 5.88. The molecule has 3 atom stereocenters. The number of fused-ring (bicyclic) bond motifs is 2. The van der Waals surface area contributed by atoms with E-state index in [1.54, 1.807) is 0 Å². The van der Waals surface area contributed by atoms with E-state index < -0.39 is 48.9 Å². The van der Waals surface area contributed by atoms with Crippen LogP contribution in [0.1, 0.15) is 19.3 Å². The smallest absolute Gasteiger partial charge is 0.321 e. The topological polar surface area (TPSA) is 147 Å². The second kappa shape index (κ2) is 5.58. The Bertz CT molecular complexity index is 478. The Kier molecular flexibility index (Phi) is 4.01. The zero-order valence-corrected chi connectivity index (χ0v) is 11.4. The first-order valence-electron chi connectivity index (χ1n) is 6.68. The van der Waals surface area contributed by atoms with E-state index >= 15 is 0 Å². The standard InChI is InChI=1S/C12H18N4O5/c13-9(17)4-15(5-10(14)18)12(21)16-6-1-2-8(16)7(3-6)11(19)20/h6-8H,1-5H2,(H2,13,17)(H2,14,18)(H,19,20). The molecule has 3 unspecified atom stereocenters. The normalized spacial score (nSPS) is 26.7. The van der Waals surface area contributed by atoms with Crippen LogP contribution in [-0.2, 0) is 14.4 Å². The number of amides is 4. The van der Waals surface area contributed by atoms with E-state index in [0.717, 1.165) is 11.3 Å². The van der Waals surface area contributed by atoms with Gasteiger partial charge in [0.05, 0.1) is 5.92 Å². The Hall–Kier alpha value is -2.32. The van der Waals surface area contributed by atoms with Gasteiger partial charge in [-0.25, -0.2) is 4.79 Å². The molecular formula is C12H18N4O5. The van der Waals surface area contributed by atoms with Gasteiger partial charge in [-0.2, -0.15) is 0 Å². The van der Waals surface area contributed by atoms with Crippen molar-refractivity contribution in [2.45, 2.75) is 31.3 Å². The SMILES string of the molecule is NC(=O)CN(CC(N)=O)C(=O)N1C2CCC1C(C(=O)O)C2. The summed E-state index contributed by atoms with van der Waals surface area (Å²) in [6, 6.07) is -1.13. The average molecular weight is 298 g/mol. The molecule has 0 aromatic carbocycles. The number of nitrogens with zero attached hydrogens (tertiary/aromatic N) is 2. The van der Waals surface area contributed by atoms with Crippen molar-refractivity contribution in [1.29, 1.82) is 0 Å². The van der Waals surface area contributed by atoms with Crippen molar-refractivity contribution in [1.82, 2.24) is 9.80 Å². The molecule has 5 N–H and O–H groups in total. The molecule has 9 heteroatoms. The third kappa shape index (κ3) is 2.91. The van der Waals surface area contributed by atoms with Crippen LogP contribution < -0.4 is 11.5 Å². The van der Waals surface area contributed by atoms with Crippen LogP contribution >= 0.6 is 0 Å². The maximum atomic E-state index is 12.5. The van der Waals surface area contributed by atoms with E-state index in [9.17, 15) is 19.2 Å². The van der Waals surface area contributed by atoms with Crippen LogP contribution in [0.5, 0.6) is 0 Å². The van der Waals surface area contributed by atoms with Gasteiger partial charge in [-0.1, -0.05) is 0 Å². The second-order valence-corrected chi connectivity index (χ2v) is 5.46. The number of rotatable bonds is 5. The lowest BCUT2D eigenvalue weighted by molar-refractivity contribution is -0.142. The molecule has 2 fully saturated rings. The van der Waals surface area contributed by atoms with E-state index in [1.807, 2.05) is 0 Å². The first kappa shape index (κ1) is 15.1. The average Bonchev–Trinajstić information content (AvgIpc) is 2.93. The zero-order chi connectivity index (χ0) is 15.7. The summed E-state index contributed by atoms with van der Waals surface area (Å²) >= 11 is 0. The predicted octanol–water partition coefficient (Wildman–Crippen LogP) is -1.68. The number of carbonyl (C=O) groups is 4. The van der Waals surface area contributed by atoms with Crippen LogP contribution in [-0.4, -0.2) is 63.9 Å². The monoisotopic (exact) mass is 298 g/mol. The van der Waals surface area contributed by atoms with Crippen molar-refractivity contribution in [3.63, 3.8) is 0 Å². The number of hydrogen-bond acceptors (Lipinski definition) is 4. The summed E-state index contributed by atoms with van der Waals surface area (Å²) in [5, 5.41) is 9.16. The molecule has 0 radical (unpaired) electrons. The van der Waals surface area contributed by atoms with Gasteiger partial charge < -0.3 is 26.4 Å². The number of aliphatic carboxylic acids is 1. The quantitative estimate of drug-likeness (QED) is 0.554. The predicted molar refractivity (Wildman–Crippen MR) is 69.7 cm³/mol. The van der Waals surface area contributed by atoms with Crippen LogP contribution in [0.3, 0.4) is 0 Å². The minimum absolute atomic E-state index is 0.174. The number of urea groups is 1. The molecule has 2 rings (SSSR count). The van der Waals surface area contributed by atoms with Crippen LogP contribution in [0.25, 0.3) is 0 Å². The van der Waals surface area contributed by atoms with Crippen LogP contribution in [0.4, 0.5) is 4.79 Å². The molecule has 2 heterocycles. The Balaban J connectivity index is 2.15. The highest BCUT2D eigenvalue weighted by Crippen LogP contribution is 2.42. The van der Waals surface area contributed by atoms with E-state index in [2.05, 4.69) is 0 Å². The lowest BCUT2D eigenvalue weighted by Gasteiger charge is -2.29. The lowest BCUT2D eigenvalue weighted by Crippen LogP contribution is -2.51. The summed E-state index contributed by atoms with van der Waals surface area (Å²) in [6.07, 6.45) is 1.72. The number of primary amides is 2. The summed E-state index contributed by atoms with van der Waals surface area (Å²) in [6.45, 7) is -0.842. The van der Waals surface area contributed by atoms with Gasteiger partial charge >= 0.3 is 12.0 Å². The maximum Gasteiger partial charge on any atom is 0.321 e. The molecule has 2 aliphatic heterocycles. The molecule has 0 spiro atoms. The van der Waals surface area contributed by atoms with Gasteiger partial charge in [0.1, 0.15) is 13.1 Å². The lowest BCUT2D eigenvalue weighted by atomic mass is 9.89. The summed E-state index contributed by atoms with van der Waals surface area (Å²) < 4.78 is 0. The molecule has 4 amide bonds. The van der Waals surface area contributed by atoms with Crippen LogP contribution in [0.2, 0.25) is 0 Å². The molecule has 21 heavy (non-hydrogen) atoms. The Labute approximate surface area is 120 Å². The van der Waals surface area contributed by atoms with E-state index in [4.69, 9.17) is 16.6 Å². The molecule has 2 aliphatic rings. The van der Waals surface area contributed by atoms with Crippen LogP contribution in [0.15, 0.2) is 0 Å². The van der Waals surface area contributed by atoms with Gasteiger partial charge in [-0.15, -0.1) is 0 Å². The number of nitrogens with two attached hydrogens (primary N) is 2. The summed E-state index contributed by atoms with van der Waals surface area (Å²) in [7, 11) is 0. The van der Waals surface area contributed by atoms with Crippen molar-refractivity contribution in [3.8, 4) is 0 Å². The maximum absolute atomic E-state index is 12.5. The van der Waals surface area contributed by atoms with E-state index in [1.165, 1.54) is 4.90 Å². The molecule has 0 saturated carbocycles. The molecule has 2 bridgehead atoms. The highest BCUT2D eigenvalue weighted by atomic mass is 16.4. The second-order valence-electron chi connectivity index (χ2n) is 5.46. The fourth-order valence-corrected chi connectivity index (χ4v) is 3.28. The first-order valence-corrected chi connectivity index (χ1v) is 6.68. The first-order chi connectivity index (χ1) is 9.81. The Morgan fingerprint density at radius 3 is 2.10 bits per heavy atom. The summed E-state index contributed by atoms with van der Waals surface area (Å²) in [5.74, 6) is -3.05. The van der Waals surface area contributed by atoms with Crippen molar-refractivity contribution >= 4 is 23.8 Å². The van der Waals surface area contributed by atoms with Gasteiger partial charge in [0.25, 0.3) is 0 Å². The van der Waals surface area contributed by atoms with Crippen molar-refractivity contribution in [2.75, 3.05) is 13.1 Å². The van der Waals surface area contributed by atoms with Gasteiger partial charge in [0, 0.05) is 12.1 Å². The largest absolute Gasteiger partial charge is 0.481 e. The molecular weight excluding hydrogens is 280 g/mol. The molecule has 116 valence electrons. The van der Waals surface area contributed by atoms with Crippen LogP contribution in [0, 0.1) is 5.92 Å². The third-order valence-electron chi connectivity index (χ3n) is 4.04. The third-order valence-corrected chi connectivity index (χ3v) is 4.04. The minimum Gasteiger partial charge on any atom is -0.481 e. The van der Waals surface area contributed by atoms with Gasteiger partial charge in [-0.05, 0) is 19.3 Å². The zero-order valence-electron chi connectivity index (χ0n) is 11.4. The fourth-order valence-electron chi connectivity index (χ4n) is 3.28.